The molecule has 0 amide bonds. The van der Waals surface area contributed by atoms with Gasteiger partial charge in [0.05, 0.1) is 20.3 Å². The number of benzene rings is 1. The summed E-state index contributed by atoms with van der Waals surface area (Å²) in [6, 6.07) is 6.74. The number of aromatic nitrogens is 1. The average molecular weight is 462 g/mol. The number of nitrogens with zero attached hydrogens (tertiary/aromatic N) is 1. The predicted octanol–water partition coefficient (Wildman–Crippen LogP) is 3.87. The minimum absolute atomic E-state index is 0.0360. The molecule has 9 heteroatoms. The van der Waals surface area contributed by atoms with Crippen LogP contribution in [0.15, 0.2) is 24.3 Å². The van der Waals surface area contributed by atoms with E-state index in [2.05, 4.69) is 0 Å². The number of ether oxygens (including phenoxy) is 5. The first-order chi connectivity index (χ1) is 15.5. The maximum absolute atomic E-state index is 13.0. The fourth-order valence-corrected chi connectivity index (χ4v) is 3.16. The number of rotatable bonds is 9. The number of esters is 3. The summed E-state index contributed by atoms with van der Waals surface area (Å²) in [5.74, 6) is -1.35. The Morgan fingerprint density at radius 3 is 1.94 bits per heavy atom. The molecular formula is C24H31NO8. The van der Waals surface area contributed by atoms with Gasteiger partial charge in [-0.3, -0.25) is 4.57 Å². The van der Waals surface area contributed by atoms with E-state index in [0.717, 1.165) is 0 Å². The Hall–Kier alpha value is -3.49. The molecule has 2 rings (SSSR count). The first-order valence-electron chi connectivity index (χ1n) is 10.6. The molecule has 0 saturated carbocycles. The summed E-state index contributed by atoms with van der Waals surface area (Å²) in [5.41, 5.74) is 0.160. The highest BCUT2D eigenvalue weighted by Gasteiger charge is 2.33. The van der Waals surface area contributed by atoms with Crippen LogP contribution < -0.4 is 9.47 Å². The zero-order valence-electron chi connectivity index (χ0n) is 20.1. The quantitative estimate of drug-likeness (QED) is 0.410. The van der Waals surface area contributed by atoms with Crippen LogP contribution in [-0.2, 0) is 19.0 Å². The second kappa shape index (κ2) is 10.9. The lowest BCUT2D eigenvalue weighted by Crippen LogP contribution is -2.27. The lowest BCUT2D eigenvalue weighted by molar-refractivity contribution is -0.157. The third-order valence-electron chi connectivity index (χ3n) is 4.38. The summed E-state index contributed by atoms with van der Waals surface area (Å²) >= 11 is 0. The van der Waals surface area contributed by atoms with E-state index in [-0.39, 0.29) is 30.4 Å². The van der Waals surface area contributed by atoms with Gasteiger partial charge in [-0.15, -0.1) is 0 Å². The van der Waals surface area contributed by atoms with Gasteiger partial charge in [0.1, 0.15) is 17.0 Å². The molecule has 0 atom stereocenters. The molecule has 180 valence electrons. The first-order valence-corrected chi connectivity index (χ1v) is 10.6. The van der Waals surface area contributed by atoms with Crippen molar-refractivity contribution < 1.29 is 38.1 Å². The maximum Gasteiger partial charge on any atom is 0.359 e. The number of hydrogen-bond donors (Lipinski definition) is 0. The van der Waals surface area contributed by atoms with Crippen LogP contribution in [0.3, 0.4) is 0 Å². The third-order valence-corrected chi connectivity index (χ3v) is 4.38. The molecule has 1 heterocycles. The topological polar surface area (TPSA) is 102 Å². The van der Waals surface area contributed by atoms with Gasteiger partial charge in [-0.05, 0) is 65.8 Å². The highest BCUT2D eigenvalue weighted by atomic mass is 16.6. The zero-order valence-corrected chi connectivity index (χ0v) is 20.1. The fraction of sp³-hybridized carbons (Fsp3) is 0.458. The molecule has 1 aromatic carbocycles. The Labute approximate surface area is 193 Å². The highest BCUT2D eigenvalue weighted by molar-refractivity contribution is 5.99. The van der Waals surface area contributed by atoms with E-state index < -0.39 is 30.1 Å². The fourth-order valence-electron chi connectivity index (χ4n) is 3.16. The van der Waals surface area contributed by atoms with Gasteiger partial charge in [0.25, 0.3) is 0 Å². The second-order valence-corrected chi connectivity index (χ2v) is 8.00. The molecule has 0 N–H and O–H groups in total. The van der Waals surface area contributed by atoms with Crippen molar-refractivity contribution in [3.05, 3.63) is 41.2 Å². The molecule has 0 fully saturated rings. The smallest absolute Gasteiger partial charge is 0.359 e. The molecule has 2 aromatic rings. The molecular weight excluding hydrogens is 430 g/mol. The Morgan fingerprint density at radius 2 is 1.45 bits per heavy atom. The van der Waals surface area contributed by atoms with E-state index in [9.17, 15) is 14.4 Å². The van der Waals surface area contributed by atoms with Crippen molar-refractivity contribution in [3.8, 4) is 17.2 Å². The van der Waals surface area contributed by atoms with Gasteiger partial charge >= 0.3 is 17.9 Å². The van der Waals surface area contributed by atoms with E-state index in [1.165, 1.54) is 11.7 Å². The summed E-state index contributed by atoms with van der Waals surface area (Å²) < 4.78 is 28.1. The van der Waals surface area contributed by atoms with E-state index in [1.54, 1.807) is 65.8 Å². The molecule has 0 bridgehead atoms. The normalized spacial score (nSPS) is 11.0. The van der Waals surface area contributed by atoms with Crippen molar-refractivity contribution in [3.63, 3.8) is 0 Å². The van der Waals surface area contributed by atoms with E-state index >= 15 is 0 Å². The van der Waals surface area contributed by atoms with Crippen molar-refractivity contribution >= 4 is 17.9 Å². The molecule has 0 saturated heterocycles. The van der Waals surface area contributed by atoms with Crippen LogP contribution in [0, 0.1) is 6.92 Å². The van der Waals surface area contributed by atoms with Gasteiger partial charge in [0, 0.05) is 11.3 Å². The average Bonchev–Trinajstić information content (AvgIpc) is 3.03. The summed E-state index contributed by atoms with van der Waals surface area (Å²) in [6.07, 6.45) is 0. The van der Waals surface area contributed by atoms with Crippen molar-refractivity contribution in [1.82, 2.24) is 4.57 Å². The SMILES string of the molecule is CCOC(=O)c1c(C)c(OCC(=O)OC(C)(C)C)c(C(=O)OCC)n1-c1ccc(OC)cc1. The zero-order chi connectivity index (χ0) is 24.8. The largest absolute Gasteiger partial charge is 0.497 e. The van der Waals surface area contributed by atoms with Gasteiger partial charge in [0.2, 0.25) is 0 Å². The molecule has 0 unspecified atom stereocenters. The Morgan fingerprint density at radius 1 is 0.909 bits per heavy atom. The lowest BCUT2D eigenvalue weighted by Gasteiger charge is -2.19. The first kappa shape index (κ1) is 25.8. The van der Waals surface area contributed by atoms with Gasteiger partial charge in [0.15, 0.2) is 18.1 Å². The van der Waals surface area contributed by atoms with E-state index in [4.69, 9.17) is 23.7 Å². The van der Waals surface area contributed by atoms with Crippen LogP contribution >= 0.6 is 0 Å². The van der Waals surface area contributed by atoms with Gasteiger partial charge < -0.3 is 23.7 Å². The summed E-state index contributed by atoms with van der Waals surface area (Å²) in [7, 11) is 1.53. The van der Waals surface area contributed by atoms with Crippen molar-refractivity contribution in [2.75, 3.05) is 26.9 Å². The van der Waals surface area contributed by atoms with Crippen LogP contribution in [0.25, 0.3) is 5.69 Å². The molecule has 0 spiro atoms. The third kappa shape index (κ3) is 6.27. The van der Waals surface area contributed by atoms with Gasteiger partial charge in [-0.1, -0.05) is 0 Å². The maximum atomic E-state index is 13.0. The van der Waals surface area contributed by atoms with Gasteiger partial charge in [-0.2, -0.15) is 0 Å². The Kier molecular flexibility index (Phi) is 8.50. The van der Waals surface area contributed by atoms with Crippen molar-refractivity contribution in [2.45, 2.75) is 47.1 Å². The minimum atomic E-state index is -0.717. The number of carbonyl (C=O) groups excluding carboxylic acids is 3. The second-order valence-electron chi connectivity index (χ2n) is 8.00. The highest BCUT2D eigenvalue weighted by Crippen LogP contribution is 2.35. The van der Waals surface area contributed by atoms with Crippen LogP contribution in [-0.4, -0.2) is 55.0 Å². The predicted molar refractivity (Wildman–Crippen MR) is 120 cm³/mol. The molecule has 0 radical (unpaired) electrons. The molecule has 0 aliphatic carbocycles. The summed E-state index contributed by atoms with van der Waals surface area (Å²) in [6.45, 7) is 9.94. The standard InChI is InChI=1S/C24H31NO8/c1-8-30-22(27)19-15(3)21(32-14-18(26)33-24(4,5)6)20(23(28)31-9-2)25(19)16-10-12-17(29-7)13-11-16/h10-13H,8-9,14H2,1-7H3. The summed E-state index contributed by atoms with van der Waals surface area (Å²) in [4.78, 5) is 38.1. The minimum Gasteiger partial charge on any atom is -0.497 e. The Bertz CT molecular complexity index is 999. The van der Waals surface area contributed by atoms with Crippen molar-refractivity contribution in [1.29, 1.82) is 0 Å². The van der Waals surface area contributed by atoms with Crippen LogP contribution in [0.5, 0.6) is 11.5 Å². The van der Waals surface area contributed by atoms with Crippen LogP contribution in [0.2, 0.25) is 0 Å². The molecule has 1 aromatic heterocycles. The summed E-state index contributed by atoms with van der Waals surface area (Å²) in [5, 5.41) is 0. The number of hydrogen-bond acceptors (Lipinski definition) is 8. The van der Waals surface area contributed by atoms with Crippen LogP contribution in [0.4, 0.5) is 0 Å². The van der Waals surface area contributed by atoms with E-state index in [0.29, 0.717) is 17.0 Å². The molecule has 9 nitrogen and oxygen atoms in total. The van der Waals surface area contributed by atoms with E-state index in [1.807, 2.05) is 0 Å². The molecule has 0 aliphatic rings. The monoisotopic (exact) mass is 461 g/mol. The molecule has 33 heavy (non-hydrogen) atoms. The van der Waals surface area contributed by atoms with Crippen molar-refractivity contribution in [2.24, 2.45) is 0 Å². The number of carbonyl (C=O) groups is 3. The lowest BCUT2D eigenvalue weighted by atomic mass is 10.2. The van der Waals surface area contributed by atoms with Gasteiger partial charge in [-0.25, -0.2) is 14.4 Å². The van der Waals surface area contributed by atoms with Crippen LogP contribution in [0.1, 0.15) is 61.2 Å². The molecule has 0 aliphatic heterocycles. The Balaban J connectivity index is 2.67. The number of methoxy groups -OCH3 is 1.